The maximum Gasteiger partial charge on any atom is 0.424 e. The molecule has 0 saturated heterocycles. The van der Waals surface area contributed by atoms with E-state index in [-0.39, 0.29) is 6.09 Å². The Balaban J connectivity index is 4.02. The minimum Gasteiger partial charge on any atom is -0.443 e. The number of hydrogen-bond acceptors (Lipinski definition) is 3. The average molecular weight is 174 g/mol. The van der Waals surface area contributed by atoms with Crippen LogP contribution in [0, 0.1) is 0 Å². The molecule has 0 radical (unpaired) electrons. The van der Waals surface area contributed by atoms with Crippen LogP contribution in [0.1, 0.15) is 27.7 Å². The lowest BCUT2D eigenvalue weighted by atomic mass is 10.2. The monoisotopic (exact) mass is 174 g/mol. The summed E-state index contributed by atoms with van der Waals surface area (Å²) in [6.45, 7) is 7.99. The van der Waals surface area contributed by atoms with E-state index in [1.165, 1.54) is 5.01 Å². The Kier molecular flexibility index (Phi) is 4.03. The molecule has 72 valence electrons. The molecule has 12 heavy (non-hydrogen) atoms. The molecule has 0 rings (SSSR count). The molecule has 4 nitrogen and oxygen atoms in total. The number of hydrazine groups is 1. The fourth-order valence-electron chi connectivity index (χ4n) is 0.696. The summed E-state index contributed by atoms with van der Waals surface area (Å²) in [7, 11) is 1.69. The van der Waals surface area contributed by atoms with Gasteiger partial charge in [0.2, 0.25) is 0 Å². The summed E-state index contributed by atoms with van der Waals surface area (Å²) in [6.07, 6.45) is -0.340. The minimum atomic E-state index is -0.429. The highest BCUT2D eigenvalue weighted by Gasteiger charge is 2.19. The largest absolute Gasteiger partial charge is 0.443 e. The summed E-state index contributed by atoms with van der Waals surface area (Å²) in [5.74, 6) is 0. The second kappa shape index (κ2) is 4.30. The van der Waals surface area contributed by atoms with Crippen molar-refractivity contribution >= 4 is 6.09 Å². The average Bonchev–Trinajstić information content (AvgIpc) is 1.85. The number of nitrogens with one attached hydrogen (secondary N) is 1. The predicted octanol–water partition coefficient (Wildman–Crippen LogP) is 1.38. The second-order valence-electron chi connectivity index (χ2n) is 3.45. The van der Waals surface area contributed by atoms with Crippen LogP contribution < -0.4 is 5.43 Å². The molecule has 0 fully saturated rings. The topological polar surface area (TPSA) is 41.6 Å². The van der Waals surface area contributed by atoms with Gasteiger partial charge >= 0.3 is 6.09 Å². The minimum absolute atomic E-state index is 0.340. The highest BCUT2D eigenvalue weighted by molar-refractivity contribution is 5.67. The van der Waals surface area contributed by atoms with E-state index in [4.69, 9.17) is 4.74 Å². The first-order chi connectivity index (χ1) is 5.40. The van der Waals surface area contributed by atoms with Gasteiger partial charge in [0.05, 0.1) is 0 Å². The van der Waals surface area contributed by atoms with Crippen molar-refractivity contribution in [3.63, 3.8) is 0 Å². The molecule has 0 spiro atoms. The molecular weight excluding hydrogens is 156 g/mol. The van der Waals surface area contributed by atoms with Crippen molar-refractivity contribution in [2.45, 2.75) is 33.3 Å². The lowest BCUT2D eigenvalue weighted by molar-refractivity contribution is 0.0173. The number of amides is 1. The number of nitrogens with zero attached hydrogens (tertiary/aromatic N) is 1. The van der Waals surface area contributed by atoms with Crippen molar-refractivity contribution in [1.82, 2.24) is 10.4 Å². The van der Waals surface area contributed by atoms with E-state index in [1.807, 2.05) is 27.7 Å². The first-order valence-corrected chi connectivity index (χ1v) is 4.08. The van der Waals surface area contributed by atoms with E-state index in [2.05, 4.69) is 5.43 Å². The molecule has 0 heterocycles. The molecule has 0 saturated carbocycles. The van der Waals surface area contributed by atoms with Gasteiger partial charge in [-0.05, 0) is 27.7 Å². The van der Waals surface area contributed by atoms with Gasteiger partial charge in [-0.1, -0.05) is 0 Å². The van der Waals surface area contributed by atoms with E-state index < -0.39 is 5.60 Å². The molecule has 0 aromatic heterocycles. The molecule has 0 unspecified atom stereocenters. The van der Waals surface area contributed by atoms with Gasteiger partial charge in [0.15, 0.2) is 0 Å². The summed E-state index contributed by atoms with van der Waals surface area (Å²) in [5, 5.41) is 1.41. The van der Waals surface area contributed by atoms with Gasteiger partial charge in [-0.2, -0.15) is 0 Å². The molecule has 0 aliphatic carbocycles. The maximum absolute atomic E-state index is 11.3. The quantitative estimate of drug-likeness (QED) is 0.643. The molecule has 1 amide bonds. The second-order valence-corrected chi connectivity index (χ2v) is 3.45. The maximum atomic E-state index is 11.3. The zero-order valence-corrected chi connectivity index (χ0v) is 8.47. The first kappa shape index (κ1) is 11.2. The molecule has 0 atom stereocenters. The van der Waals surface area contributed by atoms with Crippen LogP contribution in [-0.4, -0.2) is 30.3 Å². The Labute approximate surface area is 73.8 Å². The summed E-state index contributed by atoms with van der Waals surface area (Å²) >= 11 is 0. The Morgan fingerprint density at radius 2 is 2.00 bits per heavy atom. The zero-order chi connectivity index (χ0) is 9.78. The van der Waals surface area contributed by atoms with Crippen LogP contribution in [0.25, 0.3) is 0 Å². The third-order valence-corrected chi connectivity index (χ3v) is 1.20. The fourth-order valence-corrected chi connectivity index (χ4v) is 0.696. The Hall–Kier alpha value is -0.770. The third kappa shape index (κ3) is 4.18. The van der Waals surface area contributed by atoms with Crippen LogP contribution >= 0.6 is 0 Å². The molecule has 0 aliphatic heterocycles. The Morgan fingerprint density at radius 3 is 2.25 bits per heavy atom. The highest BCUT2D eigenvalue weighted by atomic mass is 16.6. The fraction of sp³-hybridized carbons (Fsp3) is 0.875. The van der Waals surface area contributed by atoms with Crippen molar-refractivity contribution in [2.75, 3.05) is 13.6 Å². The van der Waals surface area contributed by atoms with Crippen LogP contribution in [0.5, 0.6) is 0 Å². The van der Waals surface area contributed by atoms with Gasteiger partial charge in [-0.3, -0.25) is 0 Å². The number of rotatable bonds is 2. The normalized spacial score (nSPS) is 11.1. The van der Waals surface area contributed by atoms with E-state index in [0.717, 1.165) is 0 Å². The summed E-state index contributed by atoms with van der Waals surface area (Å²) in [6, 6.07) is 0. The molecule has 1 N–H and O–H groups in total. The predicted molar refractivity (Wildman–Crippen MR) is 47.7 cm³/mol. The van der Waals surface area contributed by atoms with Crippen molar-refractivity contribution in [3.8, 4) is 0 Å². The SMILES string of the molecule is CCN(NC)C(=O)OC(C)(C)C. The van der Waals surface area contributed by atoms with Crippen molar-refractivity contribution in [2.24, 2.45) is 0 Å². The molecule has 4 heteroatoms. The molecule has 0 bridgehead atoms. The summed E-state index contributed by atoms with van der Waals surface area (Å²) < 4.78 is 5.11. The molecular formula is C8H18N2O2. The number of carbonyl (C=O) groups is 1. The molecule has 0 aromatic carbocycles. The van der Waals surface area contributed by atoms with Crippen molar-refractivity contribution in [3.05, 3.63) is 0 Å². The van der Waals surface area contributed by atoms with Crippen molar-refractivity contribution < 1.29 is 9.53 Å². The van der Waals surface area contributed by atoms with E-state index in [9.17, 15) is 4.79 Å². The lowest BCUT2D eigenvalue weighted by Gasteiger charge is -2.25. The Morgan fingerprint density at radius 1 is 1.50 bits per heavy atom. The van der Waals surface area contributed by atoms with Gasteiger partial charge in [0, 0.05) is 13.6 Å². The van der Waals surface area contributed by atoms with E-state index in [1.54, 1.807) is 7.05 Å². The van der Waals surface area contributed by atoms with Crippen LogP contribution in [0.2, 0.25) is 0 Å². The highest BCUT2D eigenvalue weighted by Crippen LogP contribution is 2.08. The van der Waals surface area contributed by atoms with Gasteiger partial charge < -0.3 is 4.74 Å². The standard InChI is InChI=1S/C8H18N2O2/c1-6-10(9-5)7(11)12-8(2,3)4/h9H,6H2,1-5H3. The Bertz CT molecular complexity index is 148. The number of carbonyl (C=O) groups excluding carboxylic acids is 1. The summed E-state index contributed by atoms with van der Waals surface area (Å²) in [4.78, 5) is 11.3. The van der Waals surface area contributed by atoms with Gasteiger partial charge in [0.1, 0.15) is 5.60 Å². The molecule has 0 aromatic rings. The van der Waals surface area contributed by atoms with Gasteiger partial charge in [0.25, 0.3) is 0 Å². The number of ether oxygens (including phenoxy) is 1. The van der Waals surface area contributed by atoms with Crippen LogP contribution in [-0.2, 0) is 4.74 Å². The zero-order valence-electron chi connectivity index (χ0n) is 8.47. The van der Waals surface area contributed by atoms with Crippen molar-refractivity contribution in [1.29, 1.82) is 0 Å². The molecule has 0 aliphatic rings. The van der Waals surface area contributed by atoms with Crippen LogP contribution in [0.3, 0.4) is 0 Å². The van der Waals surface area contributed by atoms with E-state index >= 15 is 0 Å². The first-order valence-electron chi connectivity index (χ1n) is 4.08. The number of hydrogen-bond donors (Lipinski definition) is 1. The van der Waals surface area contributed by atoms with Crippen LogP contribution in [0.4, 0.5) is 4.79 Å². The lowest BCUT2D eigenvalue weighted by Crippen LogP contribution is -2.43. The van der Waals surface area contributed by atoms with Gasteiger partial charge in [-0.15, -0.1) is 0 Å². The smallest absolute Gasteiger partial charge is 0.424 e. The summed E-state index contributed by atoms with van der Waals surface area (Å²) in [5.41, 5.74) is 2.30. The van der Waals surface area contributed by atoms with E-state index in [0.29, 0.717) is 6.54 Å². The van der Waals surface area contributed by atoms with Gasteiger partial charge in [-0.25, -0.2) is 15.2 Å². The third-order valence-electron chi connectivity index (χ3n) is 1.20. The van der Waals surface area contributed by atoms with Crippen LogP contribution in [0.15, 0.2) is 0 Å².